The summed E-state index contributed by atoms with van der Waals surface area (Å²) >= 11 is 3.30. The van der Waals surface area contributed by atoms with Gasteiger partial charge >= 0.3 is 5.97 Å². The predicted molar refractivity (Wildman–Crippen MR) is 91.0 cm³/mol. The summed E-state index contributed by atoms with van der Waals surface area (Å²) in [5.74, 6) is -0.667. The molecule has 0 fully saturated rings. The van der Waals surface area contributed by atoms with Crippen molar-refractivity contribution in [2.24, 2.45) is 0 Å². The van der Waals surface area contributed by atoms with Crippen molar-refractivity contribution in [3.63, 3.8) is 0 Å². The summed E-state index contributed by atoms with van der Waals surface area (Å²) in [5.41, 5.74) is 1.45. The van der Waals surface area contributed by atoms with Crippen molar-refractivity contribution < 1.29 is 19.4 Å². The molecule has 0 aliphatic rings. The van der Waals surface area contributed by atoms with E-state index in [-0.39, 0.29) is 12.3 Å². The van der Waals surface area contributed by atoms with E-state index in [4.69, 9.17) is 9.84 Å². The molecule has 0 aliphatic carbocycles. The van der Waals surface area contributed by atoms with Gasteiger partial charge in [-0.15, -0.1) is 0 Å². The predicted octanol–water partition coefficient (Wildman–Crippen LogP) is 3.73. The lowest BCUT2D eigenvalue weighted by atomic mass is 10.1. The third kappa shape index (κ3) is 4.82. The summed E-state index contributed by atoms with van der Waals surface area (Å²) in [7, 11) is 0. The Morgan fingerprint density at radius 1 is 1.22 bits per heavy atom. The molecular weight excluding hydrogens is 362 g/mol. The average molecular weight is 378 g/mol. The molecule has 2 rings (SSSR count). The molecule has 0 bridgehead atoms. The summed E-state index contributed by atoms with van der Waals surface area (Å²) in [4.78, 5) is 23.3. The molecular formula is C17H16BrNO4. The zero-order valence-electron chi connectivity index (χ0n) is 12.5. The van der Waals surface area contributed by atoms with Gasteiger partial charge in [-0.2, -0.15) is 0 Å². The van der Waals surface area contributed by atoms with Crippen LogP contribution in [0, 0.1) is 0 Å². The Morgan fingerprint density at radius 3 is 2.70 bits per heavy atom. The summed E-state index contributed by atoms with van der Waals surface area (Å²) < 4.78 is 6.13. The SMILES string of the molecule is CCOc1cccc(C(=O)Nc2ccc(Br)cc2CC(=O)O)c1. The van der Waals surface area contributed by atoms with Crippen LogP contribution in [-0.4, -0.2) is 23.6 Å². The number of aliphatic carboxylic acids is 1. The minimum Gasteiger partial charge on any atom is -0.494 e. The van der Waals surface area contributed by atoms with E-state index in [1.54, 1.807) is 42.5 Å². The Hall–Kier alpha value is -2.34. The van der Waals surface area contributed by atoms with Crippen LogP contribution in [0.25, 0.3) is 0 Å². The number of halogens is 1. The molecule has 2 aromatic carbocycles. The number of carbonyl (C=O) groups excluding carboxylic acids is 1. The number of carboxylic acids is 1. The number of carbonyl (C=O) groups is 2. The second-order valence-electron chi connectivity index (χ2n) is 4.79. The normalized spacial score (nSPS) is 10.2. The van der Waals surface area contributed by atoms with Gasteiger partial charge in [-0.25, -0.2) is 0 Å². The number of ether oxygens (including phenoxy) is 1. The molecule has 0 aromatic heterocycles. The Kier molecular flexibility index (Phi) is 5.76. The van der Waals surface area contributed by atoms with E-state index in [0.717, 1.165) is 4.47 Å². The van der Waals surface area contributed by atoms with Crippen LogP contribution < -0.4 is 10.1 Å². The summed E-state index contributed by atoms with van der Waals surface area (Å²) in [6, 6.07) is 11.9. The molecule has 0 spiro atoms. The third-order valence-electron chi connectivity index (χ3n) is 3.06. The van der Waals surface area contributed by atoms with E-state index >= 15 is 0 Å². The number of benzene rings is 2. The van der Waals surface area contributed by atoms with Crippen molar-refractivity contribution in [1.29, 1.82) is 0 Å². The average Bonchev–Trinajstić information content (AvgIpc) is 2.50. The Bertz CT molecular complexity index is 730. The molecule has 120 valence electrons. The first-order valence-electron chi connectivity index (χ1n) is 7.04. The van der Waals surface area contributed by atoms with Crippen LogP contribution in [0.5, 0.6) is 5.75 Å². The molecule has 0 saturated carbocycles. The van der Waals surface area contributed by atoms with Gasteiger partial charge in [-0.1, -0.05) is 22.0 Å². The Morgan fingerprint density at radius 2 is 2.00 bits per heavy atom. The minimum absolute atomic E-state index is 0.173. The van der Waals surface area contributed by atoms with Crippen LogP contribution >= 0.6 is 15.9 Å². The topological polar surface area (TPSA) is 75.6 Å². The molecule has 2 N–H and O–H groups in total. The molecule has 0 unspecified atom stereocenters. The molecule has 0 saturated heterocycles. The highest BCUT2D eigenvalue weighted by atomic mass is 79.9. The van der Waals surface area contributed by atoms with Gasteiger partial charge in [-0.05, 0) is 48.9 Å². The first-order chi connectivity index (χ1) is 11.0. The number of hydrogen-bond acceptors (Lipinski definition) is 3. The number of carboxylic acid groups (broad SMARTS) is 1. The van der Waals surface area contributed by atoms with Crippen molar-refractivity contribution in [2.45, 2.75) is 13.3 Å². The molecule has 0 radical (unpaired) electrons. The second kappa shape index (κ2) is 7.78. The largest absolute Gasteiger partial charge is 0.494 e. The number of rotatable bonds is 6. The van der Waals surface area contributed by atoms with Gasteiger partial charge in [0, 0.05) is 15.7 Å². The summed E-state index contributed by atoms with van der Waals surface area (Å²) in [6.45, 7) is 2.38. The molecule has 0 atom stereocenters. The van der Waals surface area contributed by atoms with Crippen LogP contribution in [-0.2, 0) is 11.2 Å². The number of anilines is 1. The van der Waals surface area contributed by atoms with Crippen molar-refractivity contribution >= 4 is 33.5 Å². The first kappa shape index (κ1) is 17.0. The first-order valence-corrected chi connectivity index (χ1v) is 7.83. The molecule has 0 heterocycles. The van der Waals surface area contributed by atoms with Gasteiger partial charge in [0.25, 0.3) is 5.91 Å². The Labute approximate surface area is 142 Å². The highest BCUT2D eigenvalue weighted by Crippen LogP contribution is 2.23. The van der Waals surface area contributed by atoms with Gasteiger partial charge < -0.3 is 15.2 Å². The van der Waals surface area contributed by atoms with Crippen LogP contribution in [0.4, 0.5) is 5.69 Å². The summed E-state index contributed by atoms with van der Waals surface area (Å²) in [6.07, 6.45) is -0.173. The van der Waals surface area contributed by atoms with E-state index in [1.165, 1.54) is 0 Å². The van der Waals surface area contributed by atoms with E-state index in [9.17, 15) is 9.59 Å². The second-order valence-corrected chi connectivity index (χ2v) is 5.70. The van der Waals surface area contributed by atoms with Gasteiger partial charge in [0.2, 0.25) is 0 Å². The van der Waals surface area contributed by atoms with E-state index in [0.29, 0.717) is 29.2 Å². The van der Waals surface area contributed by atoms with Gasteiger partial charge in [0.15, 0.2) is 0 Å². The molecule has 1 amide bonds. The van der Waals surface area contributed by atoms with Gasteiger partial charge in [0.05, 0.1) is 13.0 Å². The molecule has 0 aliphatic heterocycles. The van der Waals surface area contributed by atoms with Crippen LogP contribution in [0.15, 0.2) is 46.9 Å². The van der Waals surface area contributed by atoms with E-state index < -0.39 is 5.97 Å². The van der Waals surface area contributed by atoms with Crippen LogP contribution in [0.2, 0.25) is 0 Å². The zero-order valence-corrected chi connectivity index (χ0v) is 14.1. The fourth-order valence-electron chi connectivity index (χ4n) is 2.08. The lowest BCUT2D eigenvalue weighted by molar-refractivity contribution is -0.136. The Balaban J connectivity index is 2.23. The highest BCUT2D eigenvalue weighted by Gasteiger charge is 2.12. The maximum atomic E-state index is 12.4. The lowest BCUT2D eigenvalue weighted by Gasteiger charge is -2.11. The van der Waals surface area contributed by atoms with Gasteiger partial charge in [-0.3, -0.25) is 9.59 Å². The third-order valence-corrected chi connectivity index (χ3v) is 3.56. The van der Waals surface area contributed by atoms with Crippen molar-refractivity contribution in [2.75, 3.05) is 11.9 Å². The maximum absolute atomic E-state index is 12.4. The molecule has 6 heteroatoms. The van der Waals surface area contributed by atoms with Crippen LogP contribution in [0.1, 0.15) is 22.8 Å². The summed E-state index contributed by atoms with van der Waals surface area (Å²) in [5, 5.41) is 11.7. The molecule has 5 nitrogen and oxygen atoms in total. The molecule has 23 heavy (non-hydrogen) atoms. The minimum atomic E-state index is -0.961. The molecule has 2 aromatic rings. The quantitative estimate of drug-likeness (QED) is 0.803. The highest BCUT2D eigenvalue weighted by molar-refractivity contribution is 9.10. The van der Waals surface area contributed by atoms with Crippen molar-refractivity contribution in [3.8, 4) is 5.75 Å². The van der Waals surface area contributed by atoms with E-state index in [1.807, 2.05) is 6.92 Å². The maximum Gasteiger partial charge on any atom is 0.307 e. The lowest BCUT2D eigenvalue weighted by Crippen LogP contribution is -2.14. The van der Waals surface area contributed by atoms with Gasteiger partial charge in [0.1, 0.15) is 5.75 Å². The standard InChI is InChI=1S/C17H16BrNO4/c1-2-23-14-5-3-4-11(9-14)17(22)19-15-7-6-13(18)8-12(15)10-16(20)21/h3-9H,2,10H2,1H3,(H,19,22)(H,20,21). The zero-order chi connectivity index (χ0) is 16.8. The smallest absolute Gasteiger partial charge is 0.307 e. The number of nitrogens with one attached hydrogen (secondary N) is 1. The number of hydrogen-bond donors (Lipinski definition) is 2. The van der Waals surface area contributed by atoms with Crippen molar-refractivity contribution in [1.82, 2.24) is 0 Å². The van der Waals surface area contributed by atoms with Crippen LogP contribution in [0.3, 0.4) is 0 Å². The monoisotopic (exact) mass is 377 g/mol. The van der Waals surface area contributed by atoms with Crippen molar-refractivity contribution in [3.05, 3.63) is 58.1 Å². The number of amides is 1. The fraction of sp³-hybridized carbons (Fsp3) is 0.176. The fourth-order valence-corrected chi connectivity index (χ4v) is 2.49. The van der Waals surface area contributed by atoms with E-state index in [2.05, 4.69) is 21.2 Å².